The monoisotopic (exact) mass is 234 g/mol. The molecular formula is C11H10N2O4. The van der Waals surface area contributed by atoms with Gasteiger partial charge in [-0.1, -0.05) is 5.16 Å². The summed E-state index contributed by atoms with van der Waals surface area (Å²) in [4.78, 5) is 0. The lowest BCUT2D eigenvalue weighted by Crippen LogP contribution is -2.15. The van der Waals surface area contributed by atoms with Gasteiger partial charge in [-0.2, -0.15) is 0 Å². The van der Waals surface area contributed by atoms with Crippen molar-refractivity contribution in [1.82, 2.24) is 5.16 Å². The van der Waals surface area contributed by atoms with Crippen molar-refractivity contribution in [2.45, 2.75) is 0 Å². The van der Waals surface area contributed by atoms with Gasteiger partial charge in [0.2, 0.25) is 5.88 Å². The van der Waals surface area contributed by atoms with Crippen LogP contribution in [0.25, 0.3) is 11.3 Å². The van der Waals surface area contributed by atoms with Crippen LogP contribution in [0.15, 0.2) is 22.7 Å². The molecule has 0 radical (unpaired) electrons. The molecule has 0 saturated heterocycles. The Morgan fingerprint density at radius 3 is 2.82 bits per heavy atom. The van der Waals surface area contributed by atoms with Gasteiger partial charge in [-0.3, -0.25) is 0 Å². The van der Waals surface area contributed by atoms with Crippen molar-refractivity contribution in [2.24, 2.45) is 0 Å². The van der Waals surface area contributed by atoms with Gasteiger partial charge in [-0.05, 0) is 12.1 Å². The molecule has 2 heterocycles. The van der Waals surface area contributed by atoms with E-state index in [-0.39, 0.29) is 11.6 Å². The summed E-state index contributed by atoms with van der Waals surface area (Å²) in [5, 5.41) is 13.6. The van der Waals surface area contributed by atoms with Gasteiger partial charge in [0.05, 0.1) is 5.56 Å². The Labute approximate surface area is 96.5 Å². The van der Waals surface area contributed by atoms with Crippen molar-refractivity contribution >= 4 is 5.88 Å². The Morgan fingerprint density at radius 1 is 1.24 bits per heavy atom. The fraction of sp³-hybridized carbons (Fsp3) is 0.182. The molecule has 88 valence electrons. The number of hydrogen-bond acceptors (Lipinski definition) is 6. The first-order chi connectivity index (χ1) is 8.25. The van der Waals surface area contributed by atoms with Gasteiger partial charge in [0.25, 0.3) is 0 Å². The van der Waals surface area contributed by atoms with E-state index in [9.17, 15) is 5.11 Å². The molecule has 0 unspecified atom stereocenters. The van der Waals surface area contributed by atoms with Crippen LogP contribution in [0.5, 0.6) is 17.2 Å². The predicted molar refractivity (Wildman–Crippen MR) is 59.0 cm³/mol. The molecule has 3 rings (SSSR count). The lowest BCUT2D eigenvalue weighted by molar-refractivity contribution is 0.171. The molecule has 0 aliphatic carbocycles. The van der Waals surface area contributed by atoms with Gasteiger partial charge in [-0.25, -0.2) is 0 Å². The summed E-state index contributed by atoms with van der Waals surface area (Å²) in [6, 6.07) is 4.69. The first kappa shape index (κ1) is 9.83. The summed E-state index contributed by atoms with van der Waals surface area (Å²) >= 11 is 0. The molecule has 2 aromatic rings. The minimum Gasteiger partial charge on any atom is -0.507 e. The highest BCUT2D eigenvalue weighted by Crippen LogP contribution is 2.45. The molecule has 0 bridgehead atoms. The van der Waals surface area contributed by atoms with E-state index in [4.69, 9.17) is 19.7 Å². The third-order valence-corrected chi connectivity index (χ3v) is 2.47. The number of aromatic hydroxyl groups is 1. The van der Waals surface area contributed by atoms with E-state index < -0.39 is 0 Å². The average molecular weight is 234 g/mol. The predicted octanol–water partition coefficient (Wildman–Crippen LogP) is 1.40. The van der Waals surface area contributed by atoms with Gasteiger partial charge in [0, 0.05) is 6.07 Å². The fourth-order valence-electron chi connectivity index (χ4n) is 1.76. The Kier molecular flexibility index (Phi) is 2.07. The van der Waals surface area contributed by atoms with Crippen LogP contribution in [0.2, 0.25) is 0 Å². The number of nitrogens with two attached hydrogens (primary N) is 1. The van der Waals surface area contributed by atoms with E-state index in [1.165, 1.54) is 12.1 Å². The summed E-state index contributed by atoms with van der Waals surface area (Å²) in [5.41, 5.74) is 6.31. The van der Waals surface area contributed by atoms with Gasteiger partial charge in [0.15, 0.2) is 11.5 Å². The SMILES string of the molecule is Nc1cc(-c2c(O)ccc3c2OCCO3)no1. The summed E-state index contributed by atoms with van der Waals surface area (Å²) in [5.74, 6) is 1.26. The van der Waals surface area contributed by atoms with Gasteiger partial charge >= 0.3 is 0 Å². The number of anilines is 1. The lowest BCUT2D eigenvalue weighted by atomic mass is 10.1. The molecule has 0 atom stereocenters. The first-order valence-corrected chi connectivity index (χ1v) is 5.10. The van der Waals surface area contributed by atoms with E-state index in [0.29, 0.717) is 36.0 Å². The van der Waals surface area contributed by atoms with E-state index in [1.807, 2.05) is 0 Å². The maximum Gasteiger partial charge on any atom is 0.222 e. The Hall–Kier alpha value is -2.37. The zero-order valence-electron chi connectivity index (χ0n) is 8.84. The highest BCUT2D eigenvalue weighted by atomic mass is 16.6. The molecule has 6 nitrogen and oxygen atoms in total. The number of rotatable bonds is 1. The van der Waals surface area contributed by atoms with Crippen LogP contribution in [0.4, 0.5) is 5.88 Å². The van der Waals surface area contributed by atoms with Crippen molar-refractivity contribution in [3.05, 3.63) is 18.2 Å². The van der Waals surface area contributed by atoms with E-state index in [0.717, 1.165) is 0 Å². The number of nitrogen functional groups attached to an aromatic ring is 1. The topological polar surface area (TPSA) is 90.7 Å². The number of aromatic nitrogens is 1. The summed E-state index contributed by atoms with van der Waals surface area (Å²) in [6.07, 6.45) is 0. The quantitative estimate of drug-likeness (QED) is 0.775. The fourth-order valence-corrected chi connectivity index (χ4v) is 1.76. The molecule has 0 spiro atoms. The maximum absolute atomic E-state index is 9.87. The van der Waals surface area contributed by atoms with E-state index in [2.05, 4.69) is 5.16 Å². The second-order valence-corrected chi connectivity index (χ2v) is 3.60. The molecule has 0 saturated carbocycles. The summed E-state index contributed by atoms with van der Waals surface area (Å²) in [6.45, 7) is 0.912. The molecule has 17 heavy (non-hydrogen) atoms. The molecule has 1 aliphatic rings. The highest BCUT2D eigenvalue weighted by Gasteiger charge is 2.22. The molecule has 0 fully saturated rings. The number of nitrogens with zero attached hydrogens (tertiary/aromatic N) is 1. The zero-order valence-corrected chi connectivity index (χ0v) is 8.84. The van der Waals surface area contributed by atoms with E-state index in [1.54, 1.807) is 6.07 Å². The normalized spacial score (nSPS) is 13.6. The van der Waals surface area contributed by atoms with Crippen LogP contribution in [0, 0.1) is 0 Å². The number of benzene rings is 1. The molecule has 1 aliphatic heterocycles. The number of fused-ring (bicyclic) bond motifs is 1. The average Bonchev–Trinajstić information content (AvgIpc) is 2.75. The summed E-state index contributed by atoms with van der Waals surface area (Å²) in [7, 11) is 0. The van der Waals surface area contributed by atoms with Crippen LogP contribution in [0.3, 0.4) is 0 Å². The van der Waals surface area contributed by atoms with Crippen molar-refractivity contribution in [2.75, 3.05) is 18.9 Å². The van der Waals surface area contributed by atoms with Crippen LogP contribution < -0.4 is 15.2 Å². The van der Waals surface area contributed by atoms with Crippen LogP contribution in [-0.4, -0.2) is 23.5 Å². The smallest absolute Gasteiger partial charge is 0.222 e. The van der Waals surface area contributed by atoms with Crippen LogP contribution >= 0.6 is 0 Å². The van der Waals surface area contributed by atoms with E-state index >= 15 is 0 Å². The molecule has 0 amide bonds. The Balaban J connectivity index is 2.20. The Bertz CT molecular complexity index is 565. The molecule has 6 heteroatoms. The first-order valence-electron chi connectivity index (χ1n) is 5.10. The van der Waals surface area contributed by atoms with Gasteiger partial charge in [0.1, 0.15) is 24.7 Å². The zero-order chi connectivity index (χ0) is 11.8. The van der Waals surface area contributed by atoms with Crippen molar-refractivity contribution < 1.29 is 19.1 Å². The number of phenolic OH excluding ortho intramolecular Hbond substituents is 1. The summed E-state index contributed by atoms with van der Waals surface area (Å²) < 4.78 is 15.7. The third kappa shape index (κ3) is 1.54. The van der Waals surface area contributed by atoms with Crippen molar-refractivity contribution in [1.29, 1.82) is 0 Å². The third-order valence-electron chi connectivity index (χ3n) is 2.47. The second kappa shape index (κ2) is 3.58. The number of ether oxygens (including phenoxy) is 2. The van der Waals surface area contributed by atoms with Crippen molar-refractivity contribution in [3.63, 3.8) is 0 Å². The molecule has 1 aromatic heterocycles. The largest absolute Gasteiger partial charge is 0.507 e. The number of hydrogen-bond donors (Lipinski definition) is 2. The molecule has 3 N–H and O–H groups in total. The van der Waals surface area contributed by atoms with Crippen molar-refractivity contribution in [3.8, 4) is 28.5 Å². The standard InChI is InChI=1S/C11H10N2O4/c12-9-5-6(13-17-9)10-7(14)1-2-8-11(10)16-4-3-15-8/h1-2,5,14H,3-4,12H2. The number of phenols is 1. The lowest BCUT2D eigenvalue weighted by Gasteiger charge is -2.20. The maximum atomic E-state index is 9.87. The molecule has 1 aromatic carbocycles. The Morgan fingerprint density at radius 2 is 2.06 bits per heavy atom. The van der Waals surface area contributed by atoms with Gasteiger partial charge < -0.3 is 24.8 Å². The van der Waals surface area contributed by atoms with Crippen LogP contribution in [-0.2, 0) is 0 Å². The van der Waals surface area contributed by atoms with Gasteiger partial charge in [-0.15, -0.1) is 0 Å². The second-order valence-electron chi connectivity index (χ2n) is 3.60. The minimum absolute atomic E-state index is 0.0440. The van der Waals surface area contributed by atoms with Crippen LogP contribution in [0.1, 0.15) is 0 Å². The minimum atomic E-state index is 0.0440. The molecular weight excluding hydrogens is 224 g/mol. The highest BCUT2D eigenvalue weighted by molar-refractivity contribution is 5.78.